The van der Waals surface area contributed by atoms with E-state index in [2.05, 4.69) is 159 Å². The standard InChI is InChI=1S/C44H35N3/c1-43(2)35-19-11-10-18-33(35)34-26-27-44(3)36-20-12-13-21-39(36)47(41(44)40(34)43)32-24-22-31(23-25-32)42-45-37(29-14-6-4-7-15-29)28-38(46-42)30-16-8-5-9-17-30/h4-26,28H,27H2,1-3H3. The fraction of sp³-hybridized carbons (Fsp3) is 0.136. The first-order valence-corrected chi connectivity index (χ1v) is 16.5. The molecule has 1 aromatic heterocycles. The Bertz CT molecular complexity index is 2190. The molecule has 3 nitrogen and oxygen atoms in total. The number of rotatable bonds is 4. The van der Waals surface area contributed by atoms with Crippen LogP contribution in [0, 0.1) is 0 Å². The second-order valence-corrected chi connectivity index (χ2v) is 13.6. The van der Waals surface area contributed by atoms with Crippen LogP contribution in [0.1, 0.15) is 43.9 Å². The number of aromatic nitrogens is 2. The normalized spacial score (nSPS) is 18.7. The first-order valence-electron chi connectivity index (χ1n) is 16.5. The number of para-hydroxylation sites is 1. The molecule has 9 rings (SSSR count). The highest BCUT2D eigenvalue weighted by molar-refractivity contribution is 5.96. The highest BCUT2D eigenvalue weighted by Gasteiger charge is 2.52. The van der Waals surface area contributed by atoms with Gasteiger partial charge in [-0.1, -0.05) is 123 Å². The van der Waals surface area contributed by atoms with Gasteiger partial charge in [0, 0.05) is 38.9 Å². The van der Waals surface area contributed by atoms with Gasteiger partial charge in [-0.25, -0.2) is 9.97 Å². The molecular weight excluding hydrogens is 571 g/mol. The third kappa shape index (κ3) is 4.12. The lowest BCUT2D eigenvalue weighted by Gasteiger charge is -2.38. The van der Waals surface area contributed by atoms with E-state index in [0.29, 0.717) is 0 Å². The Hall–Kier alpha value is -5.54. The molecule has 0 spiro atoms. The molecule has 47 heavy (non-hydrogen) atoms. The molecule has 6 aromatic rings. The van der Waals surface area contributed by atoms with Crippen molar-refractivity contribution in [3.63, 3.8) is 0 Å². The van der Waals surface area contributed by atoms with Crippen LogP contribution in [0.15, 0.2) is 157 Å². The van der Waals surface area contributed by atoms with E-state index in [1.165, 1.54) is 39.2 Å². The number of hydrogen-bond donors (Lipinski definition) is 0. The maximum absolute atomic E-state index is 5.08. The predicted molar refractivity (Wildman–Crippen MR) is 193 cm³/mol. The van der Waals surface area contributed by atoms with Crippen molar-refractivity contribution in [1.29, 1.82) is 0 Å². The van der Waals surface area contributed by atoms with Crippen LogP contribution in [0.3, 0.4) is 0 Å². The Morgan fingerprint density at radius 3 is 1.81 bits per heavy atom. The van der Waals surface area contributed by atoms with Crippen LogP contribution in [-0.2, 0) is 10.8 Å². The summed E-state index contributed by atoms with van der Waals surface area (Å²) < 4.78 is 0. The lowest BCUT2D eigenvalue weighted by Crippen LogP contribution is -2.33. The molecule has 226 valence electrons. The fourth-order valence-electron chi connectivity index (χ4n) is 8.15. The maximum Gasteiger partial charge on any atom is 0.160 e. The first kappa shape index (κ1) is 27.7. The van der Waals surface area contributed by atoms with Gasteiger partial charge in [0.05, 0.1) is 17.1 Å². The Labute approximate surface area is 276 Å². The number of anilines is 2. The van der Waals surface area contributed by atoms with Gasteiger partial charge in [-0.05, 0) is 77.6 Å². The van der Waals surface area contributed by atoms with Gasteiger partial charge in [-0.2, -0.15) is 0 Å². The smallest absolute Gasteiger partial charge is 0.160 e. The maximum atomic E-state index is 5.08. The second-order valence-electron chi connectivity index (χ2n) is 13.6. The van der Waals surface area contributed by atoms with Crippen LogP contribution in [0.5, 0.6) is 0 Å². The molecule has 0 fully saturated rings. The zero-order chi connectivity index (χ0) is 31.8. The van der Waals surface area contributed by atoms with Crippen molar-refractivity contribution in [3.05, 3.63) is 174 Å². The third-order valence-electron chi connectivity index (χ3n) is 10.5. The highest BCUT2D eigenvalue weighted by Crippen LogP contribution is 2.63. The summed E-state index contributed by atoms with van der Waals surface area (Å²) in [5.74, 6) is 0.723. The van der Waals surface area contributed by atoms with E-state index in [-0.39, 0.29) is 10.8 Å². The average Bonchev–Trinajstić information content (AvgIpc) is 3.53. The quantitative estimate of drug-likeness (QED) is 0.200. The molecule has 0 bridgehead atoms. The second kappa shape index (κ2) is 10.2. The van der Waals surface area contributed by atoms with Gasteiger partial charge >= 0.3 is 0 Å². The molecule has 1 aliphatic heterocycles. The van der Waals surface area contributed by atoms with Gasteiger partial charge in [0.25, 0.3) is 0 Å². The van der Waals surface area contributed by atoms with Crippen LogP contribution < -0.4 is 4.90 Å². The van der Waals surface area contributed by atoms with Crippen molar-refractivity contribution in [2.75, 3.05) is 4.90 Å². The van der Waals surface area contributed by atoms with Crippen LogP contribution >= 0.6 is 0 Å². The fourth-order valence-corrected chi connectivity index (χ4v) is 8.15. The van der Waals surface area contributed by atoms with Gasteiger partial charge in [-0.15, -0.1) is 0 Å². The van der Waals surface area contributed by atoms with Crippen LogP contribution in [-0.4, -0.2) is 9.97 Å². The Balaban J connectivity index is 1.19. The summed E-state index contributed by atoms with van der Waals surface area (Å²) in [6.07, 6.45) is 3.47. The molecule has 0 amide bonds. The first-order chi connectivity index (χ1) is 22.9. The predicted octanol–water partition coefficient (Wildman–Crippen LogP) is 10.9. The van der Waals surface area contributed by atoms with Crippen molar-refractivity contribution < 1.29 is 0 Å². The van der Waals surface area contributed by atoms with Crippen molar-refractivity contribution in [1.82, 2.24) is 9.97 Å². The van der Waals surface area contributed by atoms with E-state index < -0.39 is 0 Å². The van der Waals surface area contributed by atoms with Gasteiger partial charge in [-0.3, -0.25) is 0 Å². The number of hydrogen-bond acceptors (Lipinski definition) is 3. The highest BCUT2D eigenvalue weighted by atomic mass is 15.2. The molecule has 0 N–H and O–H groups in total. The molecule has 3 aliphatic rings. The van der Waals surface area contributed by atoms with Crippen molar-refractivity contribution in [2.45, 2.75) is 38.0 Å². The van der Waals surface area contributed by atoms with E-state index in [1.54, 1.807) is 0 Å². The van der Waals surface area contributed by atoms with Crippen molar-refractivity contribution >= 4 is 16.9 Å². The Morgan fingerprint density at radius 2 is 1.15 bits per heavy atom. The number of benzene rings is 5. The van der Waals surface area contributed by atoms with Gasteiger partial charge in [0.2, 0.25) is 0 Å². The summed E-state index contributed by atoms with van der Waals surface area (Å²) in [4.78, 5) is 12.7. The van der Waals surface area contributed by atoms with Crippen LogP contribution in [0.2, 0.25) is 0 Å². The minimum atomic E-state index is -0.120. The molecule has 5 aromatic carbocycles. The van der Waals surface area contributed by atoms with E-state index in [0.717, 1.165) is 46.0 Å². The summed E-state index contributed by atoms with van der Waals surface area (Å²) in [6, 6.07) is 49.6. The monoisotopic (exact) mass is 605 g/mol. The number of allylic oxidation sites excluding steroid dienone is 4. The summed E-state index contributed by atoms with van der Waals surface area (Å²) in [5.41, 5.74) is 15.6. The zero-order valence-corrected chi connectivity index (χ0v) is 26.9. The molecule has 2 heterocycles. The number of fused-ring (bicyclic) bond motifs is 6. The van der Waals surface area contributed by atoms with Crippen LogP contribution in [0.25, 0.3) is 39.5 Å². The summed E-state index contributed by atoms with van der Waals surface area (Å²) >= 11 is 0. The largest absolute Gasteiger partial charge is 0.313 e. The van der Waals surface area contributed by atoms with Gasteiger partial charge in [0.1, 0.15) is 0 Å². The molecule has 2 aliphatic carbocycles. The summed E-state index contributed by atoms with van der Waals surface area (Å²) in [6.45, 7) is 7.22. The number of nitrogens with zero attached hydrogens (tertiary/aromatic N) is 3. The molecule has 0 saturated carbocycles. The third-order valence-corrected chi connectivity index (χ3v) is 10.5. The summed E-state index contributed by atoms with van der Waals surface area (Å²) in [5, 5.41) is 0. The van der Waals surface area contributed by atoms with E-state index in [1.807, 2.05) is 12.1 Å². The van der Waals surface area contributed by atoms with Gasteiger partial charge in [0.15, 0.2) is 5.82 Å². The molecule has 3 heteroatoms. The SMILES string of the molecule is CC1(C)C2=C3N(c4ccc(-c5nc(-c6ccccc6)cc(-c6ccccc6)n5)cc4)c4ccccc4C3(C)CC=C2c2ccccc21. The topological polar surface area (TPSA) is 29.0 Å². The molecule has 1 atom stereocenters. The Kier molecular flexibility index (Phi) is 6.04. The van der Waals surface area contributed by atoms with Gasteiger partial charge < -0.3 is 4.90 Å². The lowest BCUT2D eigenvalue weighted by molar-refractivity contribution is 0.546. The molecule has 0 saturated heterocycles. The molecule has 0 radical (unpaired) electrons. The average molecular weight is 606 g/mol. The van der Waals surface area contributed by atoms with Crippen LogP contribution in [0.4, 0.5) is 11.4 Å². The summed E-state index contributed by atoms with van der Waals surface area (Å²) in [7, 11) is 0. The zero-order valence-electron chi connectivity index (χ0n) is 26.9. The minimum Gasteiger partial charge on any atom is -0.313 e. The molecular formula is C44H35N3. The van der Waals surface area contributed by atoms with E-state index >= 15 is 0 Å². The van der Waals surface area contributed by atoms with Crippen molar-refractivity contribution in [3.8, 4) is 33.9 Å². The van der Waals surface area contributed by atoms with E-state index in [4.69, 9.17) is 9.97 Å². The minimum absolute atomic E-state index is 0.112. The lowest BCUT2D eigenvalue weighted by atomic mass is 9.69. The van der Waals surface area contributed by atoms with E-state index in [9.17, 15) is 0 Å². The molecule has 1 unspecified atom stereocenters. The van der Waals surface area contributed by atoms with Crippen molar-refractivity contribution in [2.24, 2.45) is 0 Å². The Morgan fingerprint density at radius 1 is 0.574 bits per heavy atom.